The number of benzene rings is 1. The Balaban J connectivity index is 2.24. The fourth-order valence-corrected chi connectivity index (χ4v) is 2.32. The summed E-state index contributed by atoms with van der Waals surface area (Å²) in [6.45, 7) is 4.18. The summed E-state index contributed by atoms with van der Waals surface area (Å²) < 4.78 is 11.1. The molecule has 88 valence electrons. The van der Waals surface area contributed by atoms with E-state index in [2.05, 4.69) is 13.8 Å². The number of ether oxygens (including phenoxy) is 1. The molecule has 0 N–H and O–H groups in total. The van der Waals surface area contributed by atoms with Gasteiger partial charge in [-0.15, -0.1) is 0 Å². The highest BCUT2D eigenvalue weighted by Crippen LogP contribution is 2.36. The molecular formula is C14H14O3. The van der Waals surface area contributed by atoms with Gasteiger partial charge in [0.05, 0.1) is 0 Å². The van der Waals surface area contributed by atoms with E-state index < -0.39 is 0 Å². The van der Waals surface area contributed by atoms with Gasteiger partial charge >= 0.3 is 5.63 Å². The van der Waals surface area contributed by atoms with Gasteiger partial charge in [0.1, 0.15) is 16.9 Å². The number of aryl methyl sites for hydroxylation is 1. The average Bonchev–Trinajstić information content (AvgIpc) is 2.27. The molecule has 1 aromatic carbocycles. The summed E-state index contributed by atoms with van der Waals surface area (Å²) in [5.74, 6) is 0.905. The van der Waals surface area contributed by atoms with Crippen LogP contribution >= 0.6 is 0 Å². The summed E-state index contributed by atoms with van der Waals surface area (Å²) in [5, 5.41) is 0.984. The van der Waals surface area contributed by atoms with Crippen LogP contribution in [0.1, 0.15) is 25.8 Å². The van der Waals surface area contributed by atoms with Crippen LogP contribution in [0.25, 0.3) is 11.0 Å². The van der Waals surface area contributed by atoms with Crippen molar-refractivity contribution in [2.75, 3.05) is 0 Å². The minimum absolute atomic E-state index is 0.115. The molecule has 0 atom stereocenters. The molecule has 0 spiro atoms. The molecule has 0 amide bonds. The lowest BCUT2D eigenvalue weighted by Gasteiger charge is -2.32. The molecule has 0 bridgehead atoms. The van der Waals surface area contributed by atoms with Gasteiger partial charge in [-0.25, -0.2) is 4.79 Å². The lowest BCUT2D eigenvalue weighted by molar-refractivity contribution is 0.0852. The van der Waals surface area contributed by atoms with Gasteiger partial charge < -0.3 is 9.15 Å². The van der Waals surface area contributed by atoms with Gasteiger partial charge in [0, 0.05) is 17.0 Å². The molecule has 0 aliphatic carbocycles. The zero-order valence-corrected chi connectivity index (χ0v) is 9.95. The van der Waals surface area contributed by atoms with E-state index in [1.807, 2.05) is 12.1 Å². The highest BCUT2D eigenvalue weighted by Gasteiger charge is 2.27. The van der Waals surface area contributed by atoms with E-state index in [0.29, 0.717) is 5.58 Å². The van der Waals surface area contributed by atoms with Crippen LogP contribution in [-0.4, -0.2) is 5.60 Å². The molecule has 0 radical (unpaired) electrons. The van der Waals surface area contributed by atoms with Crippen LogP contribution in [-0.2, 0) is 6.42 Å². The quantitative estimate of drug-likeness (QED) is 0.653. The molecule has 0 saturated heterocycles. The van der Waals surface area contributed by atoms with Crippen molar-refractivity contribution in [3.8, 4) is 5.75 Å². The first kappa shape index (κ1) is 10.4. The Bertz CT molecular complexity index is 637. The molecule has 17 heavy (non-hydrogen) atoms. The zero-order valence-electron chi connectivity index (χ0n) is 9.95. The first-order chi connectivity index (χ1) is 8.05. The second-order valence-corrected chi connectivity index (χ2v) is 5.07. The SMILES string of the molecule is CC1(C)CCc2c(ccc3oc(=O)ccc23)O1. The summed E-state index contributed by atoms with van der Waals surface area (Å²) in [7, 11) is 0. The largest absolute Gasteiger partial charge is 0.488 e. The fourth-order valence-electron chi connectivity index (χ4n) is 2.32. The minimum atomic E-state index is -0.311. The Kier molecular flexibility index (Phi) is 2.05. The van der Waals surface area contributed by atoms with Gasteiger partial charge in [-0.05, 0) is 44.9 Å². The number of hydrogen-bond donors (Lipinski definition) is 0. The van der Waals surface area contributed by atoms with Crippen LogP contribution in [0.15, 0.2) is 33.5 Å². The van der Waals surface area contributed by atoms with Crippen LogP contribution in [0.2, 0.25) is 0 Å². The summed E-state index contributed by atoms with van der Waals surface area (Å²) in [6.07, 6.45) is 1.92. The van der Waals surface area contributed by atoms with Gasteiger partial charge in [-0.2, -0.15) is 0 Å². The third-order valence-corrected chi connectivity index (χ3v) is 3.23. The monoisotopic (exact) mass is 230 g/mol. The van der Waals surface area contributed by atoms with Gasteiger partial charge in [-0.1, -0.05) is 0 Å². The Morgan fingerprint density at radius 2 is 2.00 bits per heavy atom. The first-order valence-electron chi connectivity index (χ1n) is 5.80. The molecule has 3 nitrogen and oxygen atoms in total. The second-order valence-electron chi connectivity index (χ2n) is 5.07. The number of rotatable bonds is 0. The van der Waals surface area contributed by atoms with Gasteiger partial charge in [0.2, 0.25) is 0 Å². The normalized spacial score (nSPS) is 17.5. The molecular weight excluding hydrogens is 216 g/mol. The zero-order chi connectivity index (χ0) is 12.0. The molecule has 2 heterocycles. The van der Waals surface area contributed by atoms with Crippen LogP contribution in [0, 0.1) is 0 Å². The molecule has 1 aliphatic rings. The summed E-state index contributed by atoms with van der Waals surface area (Å²) >= 11 is 0. The summed E-state index contributed by atoms with van der Waals surface area (Å²) in [4.78, 5) is 11.2. The summed E-state index contributed by atoms with van der Waals surface area (Å²) in [5.41, 5.74) is 1.36. The Morgan fingerprint density at radius 1 is 1.18 bits per heavy atom. The Hall–Kier alpha value is -1.77. The number of hydrogen-bond acceptors (Lipinski definition) is 3. The lowest BCUT2D eigenvalue weighted by Crippen LogP contribution is -2.32. The number of fused-ring (bicyclic) bond motifs is 3. The third kappa shape index (κ3) is 1.71. The molecule has 3 heteroatoms. The standard InChI is InChI=1S/C14H14O3/c1-14(2)8-7-10-9-3-6-13(15)16-11(9)4-5-12(10)17-14/h3-6H,7-8H2,1-2H3. The first-order valence-corrected chi connectivity index (χ1v) is 5.80. The van der Waals surface area contributed by atoms with E-state index >= 15 is 0 Å². The fraction of sp³-hybridized carbons (Fsp3) is 0.357. The lowest BCUT2D eigenvalue weighted by atomic mass is 9.92. The molecule has 2 aromatic rings. The molecule has 0 fully saturated rings. The van der Waals surface area contributed by atoms with Crippen molar-refractivity contribution < 1.29 is 9.15 Å². The van der Waals surface area contributed by atoms with E-state index in [4.69, 9.17) is 9.15 Å². The van der Waals surface area contributed by atoms with Crippen molar-refractivity contribution in [1.29, 1.82) is 0 Å². The van der Waals surface area contributed by atoms with Crippen molar-refractivity contribution in [1.82, 2.24) is 0 Å². The van der Waals surface area contributed by atoms with Gasteiger partial charge in [-0.3, -0.25) is 0 Å². The van der Waals surface area contributed by atoms with Crippen molar-refractivity contribution >= 4 is 11.0 Å². The second kappa shape index (κ2) is 3.36. The smallest absolute Gasteiger partial charge is 0.336 e. The van der Waals surface area contributed by atoms with Crippen LogP contribution in [0.5, 0.6) is 5.75 Å². The third-order valence-electron chi connectivity index (χ3n) is 3.23. The maximum absolute atomic E-state index is 11.2. The minimum Gasteiger partial charge on any atom is -0.488 e. The average molecular weight is 230 g/mol. The van der Waals surface area contributed by atoms with Gasteiger partial charge in [0.15, 0.2) is 0 Å². The Labute approximate surface area is 99.0 Å². The van der Waals surface area contributed by atoms with Crippen molar-refractivity contribution in [3.05, 3.63) is 40.2 Å². The van der Waals surface area contributed by atoms with E-state index in [9.17, 15) is 4.79 Å². The van der Waals surface area contributed by atoms with Crippen LogP contribution < -0.4 is 10.4 Å². The molecule has 1 aliphatic heterocycles. The maximum Gasteiger partial charge on any atom is 0.336 e. The predicted octanol–water partition coefficient (Wildman–Crippen LogP) is 2.90. The van der Waals surface area contributed by atoms with Crippen LogP contribution in [0.3, 0.4) is 0 Å². The van der Waals surface area contributed by atoms with Gasteiger partial charge in [0.25, 0.3) is 0 Å². The molecule has 0 unspecified atom stereocenters. The van der Waals surface area contributed by atoms with Crippen molar-refractivity contribution in [2.45, 2.75) is 32.3 Å². The molecule has 1 aromatic heterocycles. The van der Waals surface area contributed by atoms with E-state index in [1.54, 1.807) is 6.07 Å². The highest BCUT2D eigenvalue weighted by molar-refractivity contribution is 5.83. The van der Waals surface area contributed by atoms with E-state index in [1.165, 1.54) is 6.07 Å². The predicted molar refractivity (Wildman–Crippen MR) is 65.5 cm³/mol. The van der Waals surface area contributed by atoms with Crippen LogP contribution in [0.4, 0.5) is 0 Å². The molecule has 3 rings (SSSR count). The highest BCUT2D eigenvalue weighted by atomic mass is 16.5. The molecule has 0 saturated carbocycles. The topological polar surface area (TPSA) is 39.4 Å². The Morgan fingerprint density at radius 3 is 2.82 bits per heavy atom. The summed E-state index contributed by atoms with van der Waals surface area (Å²) in [6, 6.07) is 6.97. The van der Waals surface area contributed by atoms with Crippen molar-refractivity contribution in [3.63, 3.8) is 0 Å². The maximum atomic E-state index is 11.2. The van der Waals surface area contributed by atoms with E-state index in [-0.39, 0.29) is 11.2 Å². The van der Waals surface area contributed by atoms with Crippen molar-refractivity contribution in [2.24, 2.45) is 0 Å². The van der Waals surface area contributed by atoms with E-state index in [0.717, 1.165) is 29.5 Å².